The van der Waals surface area contributed by atoms with Crippen molar-refractivity contribution in [2.75, 3.05) is 0 Å². The molecule has 1 heterocycles. The number of aromatic amines is 1. The van der Waals surface area contributed by atoms with Crippen molar-refractivity contribution < 1.29 is 9.90 Å². The van der Waals surface area contributed by atoms with Crippen LogP contribution < -0.4 is 5.32 Å². The van der Waals surface area contributed by atoms with Crippen LogP contribution in [-0.2, 0) is 11.3 Å². The molecule has 5 heteroatoms. The van der Waals surface area contributed by atoms with Gasteiger partial charge >= 0.3 is 0 Å². The van der Waals surface area contributed by atoms with E-state index in [1.807, 2.05) is 0 Å². The molecule has 0 bridgehead atoms. The van der Waals surface area contributed by atoms with E-state index in [0.29, 0.717) is 6.54 Å². The van der Waals surface area contributed by atoms with E-state index in [1.54, 1.807) is 42.7 Å². The molecule has 0 saturated heterocycles. The molecule has 0 unspecified atom stereocenters. The normalized spacial score (nSPS) is 10.7. The third-order valence-corrected chi connectivity index (χ3v) is 2.34. The van der Waals surface area contributed by atoms with Crippen molar-refractivity contribution in [3.63, 3.8) is 0 Å². The van der Waals surface area contributed by atoms with Gasteiger partial charge in [0, 0.05) is 24.4 Å². The monoisotopic (exact) mass is 243 g/mol. The van der Waals surface area contributed by atoms with Gasteiger partial charge in [-0.25, -0.2) is 0 Å². The standard InChI is InChI=1S/C13H13N3O2/c17-12-4-1-10(2-5-12)3-6-13(18)14-7-11-8-15-16-9-11/h1-6,8-9,17H,7H2,(H,14,18)(H,15,16)/b6-3+. The Labute approximate surface area is 104 Å². The molecule has 1 aromatic carbocycles. The number of phenols is 1. The predicted molar refractivity (Wildman–Crippen MR) is 67.6 cm³/mol. The number of amides is 1. The number of nitrogens with zero attached hydrogens (tertiary/aromatic N) is 1. The fourth-order valence-corrected chi connectivity index (χ4v) is 1.38. The van der Waals surface area contributed by atoms with E-state index in [9.17, 15) is 4.79 Å². The Kier molecular flexibility index (Phi) is 3.76. The summed E-state index contributed by atoms with van der Waals surface area (Å²) in [5, 5.41) is 18.3. The zero-order valence-electron chi connectivity index (χ0n) is 9.63. The second kappa shape index (κ2) is 5.67. The van der Waals surface area contributed by atoms with Crippen LogP contribution in [0.5, 0.6) is 5.75 Å². The molecule has 1 aromatic heterocycles. The molecule has 0 radical (unpaired) electrons. The lowest BCUT2D eigenvalue weighted by molar-refractivity contribution is -0.116. The number of carbonyl (C=O) groups is 1. The van der Waals surface area contributed by atoms with Gasteiger partial charge in [0.2, 0.25) is 5.91 Å². The molecule has 0 aliphatic carbocycles. The summed E-state index contributed by atoms with van der Waals surface area (Å²) in [7, 11) is 0. The topological polar surface area (TPSA) is 78.0 Å². The van der Waals surface area contributed by atoms with Crippen LogP contribution in [0.25, 0.3) is 6.08 Å². The molecule has 18 heavy (non-hydrogen) atoms. The van der Waals surface area contributed by atoms with Gasteiger partial charge in [0.15, 0.2) is 0 Å². The SMILES string of the molecule is O=C(/C=C/c1ccc(O)cc1)NCc1cn[nH]c1. The lowest BCUT2D eigenvalue weighted by Gasteiger charge is -1.98. The van der Waals surface area contributed by atoms with Crippen LogP contribution in [0.1, 0.15) is 11.1 Å². The largest absolute Gasteiger partial charge is 0.508 e. The van der Waals surface area contributed by atoms with Gasteiger partial charge in [-0.3, -0.25) is 9.89 Å². The van der Waals surface area contributed by atoms with Gasteiger partial charge < -0.3 is 10.4 Å². The second-order valence-electron chi connectivity index (χ2n) is 3.75. The highest BCUT2D eigenvalue weighted by molar-refractivity contribution is 5.91. The number of benzene rings is 1. The fraction of sp³-hybridized carbons (Fsp3) is 0.0769. The van der Waals surface area contributed by atoms with Crippen molar-refractivity contribution in [1.29, 1.82) is 0 Å². The smallest absolute Gasteiger partial charge is 0.244 e. The van der Waals surface area contributed by atoms with E-state index in [4.69, 9.17) is 5.11 Å². The Bertz CT molecular complexity index is 530. The van der Waals surface area contributed by atoms with Crippen molar-refractivity contribution in [2.45, 2.75) is 6.54 Å². The van der Waals surface area contributed by atoms with Crippen LogP contribution in [0.2, 0.25) is 0 Å². The van der Waals surface area contributed by atoms with Crippen molar-refractivity contribution in [3.8, 4) is 5.75 Å². The highest BCUT2D eigenvalue weighted by Crippen LogP contribution is 2.10. The van der Waals surface area contributed by atoms with Crippen LogP contribution in [0.15, 0.2) is 42.7 Å². The molecule has 0 fully saturated rings. The number of carbonyl (C=O) groups excluding carboxylic acids is 1. The van der Waals surface area contributed by atoms with Crippen molar-refractivity contribution >= 4 is 12.0 Å². The first-order valence-corrected chi connectivity index (χ1v) is 5.46. The molecular formula is C13H13N3O2. The summed E-state index contributed by atoms with van der Waals surface area (Å²) in [4.78, 5) is 11.5. The van der Waals surface area contributed by atoms with Crippen LogP contribution in [0.4, 0.5) is 0 Å². The Morgan fingerprint density at radius 1 is 1.39 bits per heavy atom. The number of H-pyrrole nitrogens is 1. The number of hydrogen-bond acceptors (Lipinski definition) is 3. The minimum Gasteiger partial charge on any atom is -0.508 e. The number of hydrogen-bond donors (Lipinski definition) is 3. The third-order valence-electron chi connectivity index (χ3n) is 2.34. The maximum Gasteiger partial charge on any atom is 0.244 e. The van der Waals surface area contributed by atoms with Gasteiger partial charge in [-0.2, -0.15) is 5.10 Å². The van der Waals surface area contributed by atoms with Gasteiger partial charge in [0.05, 0.1) is 6.20 Å². The summed E-state index contributed by atoms with van der Waals surface area (Å²) in [6.07, 6.45) is 6.52. The van der Waals surface area contributed by atoms with E-state index in [-0.39, 0.29) is 11.7 Å². The molecule has 2 rings (SSSR count). The molecule has 3 N–H and O–H groups in total. The molecule has 0 spiro atoms. The summed E-state index contributed by atoms with van der Waals surface area (Å²) >= 11 is 0. The Balaban J connectivity index is 1.85. The molecule has 92 valence electrons. The average molecular weight is 243 g/mol. The zero-order valence-corrected chi connectivity index (χ0v) is 9.63. The summed E-state index contributed by atoms with van der Waals surface area (Å²) < 4.78 is 0. The first kappa shape index (κ1) is 11.9. The van der Waals surface area contributed by atoms with E-state index in [2.05, 4.69) is 15.5 Å². The zero-order chi connectivity index (χ0) is 12.8. The minimum atomic E-state index is -0.177. The molecule has 1 amide bonds. The molecular weight excluding hydrogens is 230 g/mol. The molecule has 0 aliphatic rings. The van der Waals surface area contributed by atoms with Gasteiger partial charge in [-0.15, -0.1) is 0 Å². The maximum absolute atomic E-state index is 11.5. The second-order valence-corrected chi connectivity index (χ2v) is 3.75. The molecule has 2 aromatic rings. The lowest BCUT2D eigenvalue weighted by atomic mass is 10.2. The van der Waals surface area contributed by atoms with Gasteiger partial charge in [-0.05, 0) is 23.8 Å². The summed E-state index contributed by atoms with van der Waals surface area (Å²) in [5.41, 5.74) is 1.77. The highest BCUT2D eigenvalue weighted by atomic mass is 16.3. The Morgan fingerprint density at radius 2 is 2.17 bits per heavy atom. The van der Waals surface area contributed by atoms with Gasteiger partial charge in [0.25, 0.3) is 0 Å². The number of aromatic nitrogens is 2. The minimum absolute atomic E-state index is 0.177. The highest BCUT2D eigenvalue weighted by Gasteiger charge is 1.97. The first-order valence-electron chi connectivity index (χ1n) is 5.46. The fourth-order valence-electron chi connectivity index (χ4n) is 1.38. The van der Waals surface area contributed by atoms with Crippen LogP contribution in [-0.4, -0.2) is 21.2 Å². The molecule has 0 aliphatic heterocycles. The number of nitrogens with one attached hydrogen (secondary N) is 2. The molecule has 0 atom stereocenters. The van der Waals surface area contributed by atoms with Gasteiger partial charge in [0.1, 0.15) is 5.75 Å². The molecule has 0 saturated carbocycles. The number of rotatable bonds is 4. The number of aromatic hydroxyl groups is 1. The summed E-state index contributed by atoms with van der Waals surface area (Å²) in [6, 6.07) is 6.61. The molecule has 5 nitrogen and oxygen atoms in total. The lowest BCUT2D eigenvalue weighted by Crippen LogP contribution is -2.19. The quantitative estimate of drug-likeness (QED) is 0.711. The Hall–Kier alpha value is -2.56. The summed E-state index contributed by atoms with van der Waals surface area (Å²) in [5.74, 6) is 0.0286. The van der Waals surface area contributed by atoms with E-state index < -0.39 is 0 Å². The predicted octanol–water partition coefficient (Wildman–Crippen LogP) is 1.44. The van der Waals surface area contributed by atoms with E-state index in [0.717, 1.165) is 11.1 Å². The van der Waals surface area contributed by atoms with E-state index >= 15 is 0 Å². The van der Waals surface area contributed by atoms with E-state index in [1.165, 1.54) is 6.08 Å². The van der Waals surface area contributed by atoms with Gasteiger partial charge in [-0.1, -0.05) is 12.1 Å². The maximum atomic E-state index is 11.5. The van der Waals surface area contributed by atoms with Crippen molar-refractivity contribution in [1.82, 2.24) is 15.5 Å². The third kappa shape index (κ3) is 3.48. The average Bonchev–Trinajstić information content (AvgIpc) is 2.89. The Morgan fingerprint density at radius 3 is 2.83 bits per heavy atom. The first-order chi connectivity index (χ1) is 8.74. The van der Waals surface area contributed by atoms with Crippen LogP contribution >= 0.6 is 0 Å². The van der Waals surface area contributed by atoms with Crippen molar-refractivity contribution in [3.05, 3.63) is 53.9 Å². The van der Waals surface area contributed by atoms with Crippen molar-refractivity contribution in [2.24, 2.45) is 0 Å². The summed E-state index contributed by atoms with van der Waals surface area (Å²) in [6.45, 7) is 0.440. The van der Waals surface area contributed by atoms with Crippen LogP contribution in [0.3, 0.4) is 0 Å². The number of phenolic OH excluding ortho intramolecular Hbond substituents is 1. The van der Waals surface area contributed by atoms with Crippen LogP contribution in [0, 0.1) is 0 Å².